The largest absolute Gasteiger partial charge is 0.0885 e. The third-order valence-corrected chi connectivity index (χ3v) is 6.51. The van der Waals surface area contributed by atoms with E-state index in [-0.39, 0.29) is 0 Å². The number of hydrogen-bond donors (Lipinski definition) is 0. The summed E-state index contributed by atoms with van der Waals surface area (Å²) in [7, 11) is 0. The summed E-state index contributed by atoms with van der Waals surface area (Å²) in [5.74, 6) is 0. The van der Waals surface area contributed by atoms with E-state index in [0.717, 1.165) is 6.42 Å². The zero-order valence-electron chi connectivity index (χ0n) is 21.2. The molecule has 0 aliphatic rings. The van der Waals surface area contributed by atoms with Crippen molar-refractivity contribution in [3.05, 3.63) is 19.1 Å². The third-order valence-electron chi connectivity index (χ3n) is 6.51. The zero-order chi connectivity index (χ0) is 21.8. The molecule has 0 aromatic rings. The van der Waals surface area contributed by atoms with Gasteiger partial charge >= 0.3 is 0 Å². The molecule has 0 amide bonds. The lowest BCUT2D eigenvalue weighted by atomic mass is 10.0. The summed E-state index contributed by atoms with van der Waals surface area (Å²) in [4.78, 5) is 0. The average molecular weight is 420 g/mol. The minimum Gasteiger partial charge on any atom is -0.0885 e. The maximum absolute atomic E-state index is 3.91. The Morgan fingerprint density at radius 2 is 0.633 bits per heavy atom. The molecule has 0 heteroatoms. The lowest BCUT2D eigenvalue weighted by Gasteiger charge is -2.03. The van der Waals surface area contributed by atoms with E-state index in [4.69, 9.17) is 0 Å². The van der Waals surface area contributed by atoms with Crippen molar-refractivity contribution in [3.63, 3.8) is 0 Å². The van der Waals surface area contributed by atoms with Crippen molar-refractivity contribution in [2.75, 3.05) is 0 Å². The molecular formula is C30H59. The normalized spacial score (nSPS) is 11.7. The molecule has 0 rings (SSSR count). The highest BCUT2D eigenvalue weighted by molar-refractivity contribution is 4.81. The monoisotopic (exact) mass is 419 g/mol. The fourth-order valence-electron chi connectivity index (χ4n) is 4.37. The Labute approximate surface area is 193 Å². The number of hydrogen-bond acceptors (Lipinski definition) is 0. The summed E-state index contributed by atoms with van der Waals surface area (Å²) < 4.78 is 0. The predicted molar refractivity (Wildman–Crippen MR) is 140 cm³/mol. The summed E-state index contributed by atoms with van der Waals surface area (Å²) in [5.41, 5.74) is 0. The molecule has 0 aliphatic heterocycles. The standard InChI is InChI=1S/C30H59/c1-3-5-7-9-11-13-15-17-19-21-23-25-27-29-30-28-26-24-22-20-18-16-14-12-10-8-6-4-2/h19,21H,1,3-18,20,22-30H2,2H3/b21-19+. The Bertz CT molecular complexity index is 303. The SMILES string of the molecule is [CH2]CCCCCCCC/C=C/CCCCCCCCCCCCCCCCCCC. The van der Waals surface area contributed by atoms with E-state index >= 15 is 0 Å². The van der Waals surface area contributed by atoms with E-state index in [2.05, 4.69) is 26.0 Å². The van der Waals surface area contributed by atoms with Crippen molar-refractivity contribution in [1.82, 2.24) is 0 Å². The van der Waals surface area contributed by atoms with Crippen LogP contribution in [0.15, 0.2) is 12.2 Å². The summed E-state index contributed by atoms with van der Waals surface area (Å²) in [6, 6.07) is 0. The fraction of sp³-hybridized carbons (Fsp3) is 0.900. The molecule has 0 spiro atoms. The van der Waals surface area contributed by atoms with Crippen LogP contribution in [0.3, 0.4) is 0 Å². The predicted octanol–water partition coefficient (Wildman–Crippen LogP) is 11.5. The topological polar surface area (TPSA) is 0 Å². The third kappa shape index (κ3) is 27.7. The van der Waals surface area contributed by atoms with Crippen LogP contribution < -0.4 is 0 Å². The molecule has 0 atom stereocenters. The molecule has 0 aliphatic carbocycles. The maximum Gasteiger partial charge on any atom is -0.0351 e. The minimum absolute atomic E-state index is 1.11. The van der Waals surface area contributed by atoms with Crippen LogP contribution in [-0.4, -0.2) is 0 Å². The van der Waals surface area contributed by atoms with Crippen molar-refractivity contribution in [1.29, 1.82) is 0 Å². The van der Waals surface area contributed by atoms with Crippen LogP contribution in [0.4, 0.5) is 0 Å². The molecule has 0 fully saturated rings. The molecule has 0 saturated carbocycles. The van der Waals surface area contributed by atoms with Gasteiger partial charge in [0.2, 0.25) is 0 Å². The van der Waals surface area contributed by atoms with Crippen molar-refractivity contribution < 1.29 is 0 Å². The quantitative estimate of drug-likeness (QED) is 0.0965. The zero-order valence-corrected chi connectivity index (χ0v) is 21.2. The Morgan fingerprint density at radius 3 is 0.933 bits per heavy atom. The molecule has 0 unspecified atom stereocenters. The van der Waals surface area contributed by atoms with Gasteiger partial charge in [0.05, 0.1) is 0 Å². The molecule has 0 bridgehead atoms. The Hall–Kier alpha value is -0.260. The van der Waals surface area contributed by atoms with Gasteiger partial charge in [0.25, 0.3) is 0 Å². The molecule has 0 nitrogen and oxygen atoms in total. The van der Waals surface area contributed by atoms with Crippen LogP contribution in [0.2, 0.25) is 0 Å². The number of allylic oxidation sites excluding steroid dienone is 2. The fourth-order valence-corrected chi connectivity index (χ4v) is 4.37. The van der Waals surface area contributed by atoms with Crippen LogP contribution in [0, 0.1) is 6.92 Å². The molecule has 0 N–H and O–H groups in total. The van der Waals surface area contributed by atoms with Gasteiger partial charge in [0, 0.05) is 0 Å². The highest BCUT2D eigenvalue weighted by atomic mass is 14.0. The molecule has 0 saturated heterocycles. The molecular weight excluding hydrogens is 360 g/mol. The van der Waals surface area contributed by atoms with Crippen LogP contribution in [0.1, 0.15) is 174 Å². The molecule has 0 aromatic heterocycles. The van der Waals surface area contributed by atoms with E-state index in [0.29, 0.717) is 0 Å². The average Bonchev–Trinajstić information content (AvgIpc) is 2.76. The molecule has 0 heterocycles. The first-order chi connectivity index (χ1) is 14.9. The maximum atomic E-state index is 3.91. The van der Waals surface area contributed by atoms with Gasteiger partial charge in [0.15, 0.2) is 0 Å². The summed E-state index contributed by atoms with van der Waals surface area (Å²) in [5, 5.41) is 0. The second kappa shape index (κ2) is 28.7. The molecule has 30 heavy (non-hydrogen) atoms. The summed E-state index contributed by atoms with van der Waals surface area (Å²) >= 11 is 0. The van der Waals surface area contributed by atoms with Crippen molar-refractivity contribution in [3.8, 4) is 0 Å². The Morgan fingerprint density at radius 1 is 0.367 bits per heavy atom. The first-order valence-electron chi connectivity index (χ1n) is 14.4. The smallest absolute Gasteiger partial charge is 0.0351 e. The van der Waals surface area contributed by atoms with Gasteiger partial charge in [-0.25, -0.2) is 0 Å². The van der Waals surface area contributed by atoms with Gasteiger partial charge in [0.1, 0.15) is 0 Å². The van der Waals surface area contributed by atoms with Gasteiger partial charge in [-0.15, -0.1) is 0 Å². The summed E-state index contributed by atoms with van der Waals surface area (Å²) in [6.45, 7) is 6.21. The minimum atomic E-state index is 1.11. The van der Waals surface area contributed by atoms with Crippen molar-refractivity contribution in [2.24, 2.45) is 0 Å². The Balaban J connectivity index is 3.04. The second-order valence-electron chi connectivity index (χ2n) is 9.68. The van der Waals surface area contributed by atoms with Crippen LogP contribution in [-0.2, 0) is 0 Å². The van der Waals surface area contributed by atoms with Crippen LogP contribution >= 0.6 is 0 Å². The highest BCUT2D eigenvalue weighted by Crippen LogP contribution is 2.14. The molecule has 179 valence electrons. The van der Waals surface area contributed by atoms with Crippen LogP contribution in [0.5, 0.6) is 0 Å². The van der Waals surface area contributed by atoms with Gasteiger partial charge in [-0.2, -0.15) is 0 Å². The van der Waals surface area contributed by atoms with E-state index in [1.54, 1.807) is 0 Å². The van der Waals surface area contributed by atoms with Gasteiger partial charge < -0.3 is 0 Å². The number of unbranched alkanes of at least 4 members (excludes halogenated alkanes) is 24. The van der Waals surface area contributed by atoms with Crippen LogP contribution in [0.25, 0.3) is 0 Å². The molecule has 0 aromatic carbocycles. The lowest BCUT2D eigenvalue weighted by Crippen LogP contribution is -1.83. The van der Waals surface area contributed by atoms with Gasteiger partial charge in [-0.05, 0) is 25.7 Å². The highest BCUT2D eigenvalue weighted by Gasteiger charge is 1.95. The second-order valence-corrected chi connectivity index (χ2v) is 9.68. The number of rotatable bonds is 26. The van der Waals surface area contributed by atoms with Gasteiger partial charge in [-0.1, -0.05) is 167 Å². The summed E-state index contributed by atoms with van der Waals surface area (Å²) in [6.07, 6.45) is 41.8. The first-order valence-corrected chi connectivity index (χ1v) is 14.4. The van der Waals surface area contributed by atoms with E-state index in [1.807, 2.05) is 0 Å². The van der Waals surface area contributed by atoms with Crippen molar-refractivity contribution >= 4 is 0 Å². The van der Waals surface area contributed by atoms with E-state index < -0.39 is 0 Å². The van der Waals surface area contributed by atoms with E-state index in [9.17, 15) is 0 Å². The van der Waals surface area contributed by atoms with E-state index in [1.165, 1.54) is 161 Å². The lowest BCUT2D eigenvalue weighted by molar-refractivity contribution is 0.527. The van der Waals surface area contributed by atoms with Gasteiger partial charge in [-0.3, -0.25) is 0 Å². The molecule has 1 radical (unpaired) electrons. The first kappa shape index (κ1) is 29.7. The van der Waals surface area contributed by atoms with Crippen molar-refractivity contribution in [2.45, 2.75) is 174 Å². The Kier molecular flexibility index (Phi) is 28.5.